The Morgan fingerprint density at radius 1 is 0.857 bits per heavy atom. The van der Waals surface area contributed by atoms with Gasteiger partial charge in [-0.15, -0.1) is 22.7 Å². The summed E-state index contributed by atoms with van der Waals surface area (Å²) < 4.78 is 0. The molecule has 0 saturated heterocycles. The molecular formula is C28H21N2NaO2S2. The average molecular weight is 505 g/mol. The summed E-state index contributed by atoms with van der Waals surface area (Å²) in [7, 11) is 0. The van der Waals surface area contributed by atoms with Gasteiger partial charge in [0.1, 0.15) is 5.01 Å². The third kappa shape index (κ3) is 5.98. The van der Waals surface area contributed by atoms with Crippen LogP contribution in [0.4, 0.5) is 0 Å². The SMILES string of the molecule is O=C([O-])c1ccc(CNC(c2cccs2)c2nc(-c3ccccc3)c(-c3ccccc3)s2)cc1.[Na+]. The minimum absolute atomic E-state index is 0. The van der Waals surface area contributed by atoms with Crippen LogP contribution in [0.15, 0.2) is 102 Å². The normalized spacial score (nSPS) is 11.5. The molecule has 7 heteroatoms. The van der Waals surface area contributed by atoms with Crippen molar-refractivity contribution in [1.29, 1.82) is 0 Å². The minimum Gasteiger partial charge on any atom is -0.545 e. The van der Waals surface area contributed by atoms with E-state index in [9.17, 15) is 9.90 Å². The Kier molecular flexibility index (Phi) is 8.68. The molecule has 3 aromatic carbocycles. The standard InChI is InChI=1S/C28H22N2O2S2.Na/c31-28(32)22-15-13-19(14-16-22)18-29-25(23-12-7-17-33-23)27-30-24(20-8-3-1-4-9-20)26(34-27)21-10-5-2-6-11-21;/h1-17,25,29H,18H2,(H,31,32);/q;+1/p-1. The van der Waals surface area contributed by atoms with Gasteiger partial charge in [-0.3, -0.25) is 5.32 Å². The summed E-state index contributed by atoms with van der Waals surface area (Å²) in [5.41, 5.74) is 4.39. The maximum Gasteiger partial charge on any atom is 1.00 e. The number of nitrogens with zero attached hydrogens (tertiary/aromatic N) is 1. The van der Waals surface area contributed by atoms with Gasteiger partial charge in [0, 0.05) is 17.0 Å². The Hall–Kier alpha value is -2.58. The zero-order valence-electron chi connectivity index (χ0n) is 19.2. The number of carboxylic acids is 1. The quantitative estimate of drug-likeness (QED) is 0.330. The van der Waals surface area contributed by atoms with Crippen LogP contribution in [0.25, 0.3) is 21.7 Å². The summed E-state index contributed by atoms with van der Waals surface area (Å²) >= 11 is 3.39. The van der Waals surface area contributed by atoms with Crippen molar-refractivity contribution < 1.29 is 39.5 Å². The molecule has 0 fully saturated rings. The molecule has 0 aliphatic carbocycles. The first-order valence-corrected chi connectivity index (χ1v) is 12.6. The van der Waals surface area contributed by atoms with Crippen molar-refractivity contribution in [2.24, 2.45) is 0 Å². The predicted molar refractivity (Wildman–Crippen MR) is 137 cm³/mol. The fourth-order valence-electron chi connectivity index (χ4n) is 3.78. The summed E-state index contributed by atoms with van der Waals surface area (Å²) in [6.07, 6.45) is 0. The van der Waals surface area contributed by atoms with Gasteiger partial charge in [0.15, 0.2) is 0 Å². The summed E-state index contributed by atoms with van der Waals surface area (Å²) in [5.74, 6) is -1.17. The number of aromatic carboxylic acids is 1. The molecule has 5 rings (SSSR count). The molecule has 4 nitrogen and oxygen atoms in total. The van der Waals surface area contributed by atoms with Crippen LogP contribution in [0.3, 0.4) is 0 Å². The van der Waals surface area contributed by atoms with Gasteiger partial charge in [0.25, 0.3) is 0 Å². The van der Waals surface area contributed by atoms with E-state index >= 15 is 0 Å². The molecule has 0 spiro atoms. The topological polar surface area (TPSA) is 65.0 Å². The van der Waals surface area contributed by atoms with Gasteiger partial charge >= 0.3 is 29.6 Å². The first-order chi connectivity index (χ1) is 16.7. The molecule has 35 heavy (non-hydrogen) atoms. The Bertz CT molecular complexity index is 1310. The van der Waals surface area contributed by atoms with Crippen LogP contribution in [0.5, 0.6) is 0 Å². The van der Waals surface area contributed by atoms with Crippen molar-refractivity contribution in [2.75, 3.05) is 0 Å². The fraction of sp³-hybridized carbons (Fsp3) is 0.0714. The van der Waals surface area contributed by atoms with Gasteiger partial charge in [0.2, 0.25) is 0 Å². The van der Waals surface area contributed by atoms with E-state index in [4.69, 9.17) is 4.98 Å². The monoisotopic (exact) mass is 504 g/mol. The molecule has 0 bridgehead atoms. The van der Waals surface area contributed by atoms with Gasteiger partial charge in [0.05, 0.1) is 22.6 Å². The number of rotatable bonds is 8. The van der Waals surface area contributed by atoms with Crippen molar-refractivity contribution in [3.63, 3.8) is 0 Å². The van der Waals surface area contributed by atoms with Gasteiger partial charge in [-0.2, -0.15) is 0 Å². The van der Waals surface area contributed by atoms with Crippen LogP contribution < -0.4 is 40.0 Å². The number of benzene rings is 3. The first kappa shape index (κ1) is 25.5. The van der Waals surface area contributed by atoms with Gasteiger partial charge in [-0.25, -0.2) is 4.98 Å². The number of thiazole rings is 1. The third-order valence-electron chi connectivity index (χ3n) is 5.50. The summed E-state index contributed by atoms with van der Waals surface area (Å²) in [5, 5.41) is 17.8. The first-order valence-electron chi connectivity index (χ1n) is 10.9. The summed E-state index contributed by atoms with van der Waals surface area (Å²) in [4.78, 5) is 18.5. The zero-order valence-corrected chi connectivity index (χ0v) is 22.8. The maximum absolute atomic E-state index is 11.1. The Morgan fingerprint density at radius 3 is 2.11 bits per heavy atom. The van der Waals surface area contributed by atoms with Crippen LogP contribution >= 0.6 is 22.7 Å². The molecule has 0 amide bonds. The predicted octanol–water partition coefficient (Wildman–Crippen LogP) is 2.79. The van der Waals surface area contributed by atoms with Gasteiger partial charge < -0.3 is 9.90 Å². The molecular weight excluding hydrogens is 483 g/mol. The number of nitrogens with one attached hydrogen (secondary N) is 1. The van der Waals surface area contributed by atoms with Crippen LogP contribution in [0.2, 0.25) is 0 Å². The summed E-state index contributed by atoms with van der Waals surface area (Å²) in [6, 6.07) is 31.5. The van der Waals surface area contributed by atoms with E-state index in [2.05, 4.69) is 53.2 Å². The average Bonchev–Trinajstić information content (AvgIpc) is 3.57. The fourth-order valence-corrected chi connectivity index (χ4v) is 5.85. The van der Waals surface area contributed by atoms with Crippen molar-refractivity contribution in [3.8, 4) is 21.7 Å². The van der Waals surface area contributed by atoms with Crippen LogP contribution in [0.1, 0.15) is 31.8 Å². The molecule has 5 aromatic rings. The van der Waals surface area contributed by atoms with Gasteiger partial charge in [-0.1, -0.05) is 91.0 Å². The van der Waals surface area contributed by atoms with E-state index in [0.29, 0.717) is 6.54 Å². The third-order valence-corrected chi connectivity index (χ3v) is 7.61. The summed E-state index contributed by atoms with van der Waals surface area (Å²) in [6.45, 7) is 0.580. The molecule has 168 valence electrons. The van der Waals surface area contributed by atoms with Crippen LogP contribution in [-0.2, 0) is 6.54 Å². The van der Waals surface area contributed by atoms with Crippen molar-refractivity contribution in [1.82, 2.24) is 10.3 Å². The van der Waals surface area contributed by atoms with E-state index in [1.807, 2.05) is 42.5 Å². The second-order valence-electron chi connectivity index (χ2n) is 7.78. The maximum atomic E-state index is 11.1. The molecule has 2 aromatic heterocycles. The Balaban J connectivity index is 0.00000289. The molecule has 1 atom stereocenters. The van der Waals surface area contributed by atoms with E-state index in [1.54, 1.807) is 34.8 Å². The second kappa shape index (κ2) is 11.9. The van der Waals surface area contributed by atoms with Crippen LogP contribution in [-0.4, -0.2) is 11.0 Å². The van der Waals surface area contributed by atoms with Crippen molar-refractivity contribution >= 4 is 28.6 Å². The number of carbonyl (C=O) groups is 1. The van der Waals surface area contributed by atoms with E-state index in [0.717, 1.165) is 32.3 Å². The number of hydrogen-bond acceptors (Lipinski definition) is 6. The van der Waals surface area contributed by atoms with E-state index in [-0.39, 0.29) is 41.2 Å². The smallest absolute Gasteiger partial charge is 0.545 e. The number of thiophene rings is 1. The Morgan fingerprint density at radius 2 is 1.51 bits per heavy atom. The molecule has 1 N–H and O–H groups in total. The van der Waals surface area contributed by atoms with Crippen molar-refractivity contribution in [2.45, 2.75) is 12.6 Å². The zero-order chi connectivity index (χ0) is 23.3. The minimum atomic E-state index is -1.17. The van der Waals surface area contributed by atoms with Crippen LogP contribution in [0, 0.1) is 0 Å². The number of carboxylic acid groups (broad SMARTS) is 1. The largest absolute Gasteiger partial charge is 1.00 e. The Labute approximate surface area is 234 Å². The molecule has 0 radical (unpaired) electrons. The van der Waals surface area contributed by atoms with E-state index < -0.39 is 5.97 Å². The van der Waals surface area contributed by atoms with Gasteiger partial charge in [-0.05, 0) is 28.1 Å². The molecule has 0 aliphatic rings. The molecule has 0 aliphatic heterocycles. The van der Waals surface area contributed by atoms with Crippen molar-refractivity contribution in [3.05, 3.63) is 123 Å². The number of carbonyl (C=O) groups excluding carboxylic acids is 1. The molecule has 1 unspecified atom stereocenters. The molecule has 0 saturated carbocycles. The molecule has 2 heterocycles. The van der Waals surface area contributed by atoms with E-state index in [1.165, 1.54) is 4.88 Å². The second-order valence-corrected chi connectivity index (χ2v) is 9.79. The number of hydrogen-bond donors (Lipinski definition) is 1. The number of aromatic nitrogens is 1.